The highest BCUT2D eigenvalue weighted by Crippen LogP contribution is 2.39. The van der Waals surface area contributed by atoms with Gasteiger partial charge in [-0.25, -0.2) is 0 Å². The van der Waals surface area contributed by atoms with Crippen LogP contribution in [0.4, 0.5) is 13.2 Å². The number of rotatable bonds is 5. The van der Waals surface area contributed by atoms with Crippen molar-refractivity contribution in [2.45, 2.75) is 38.0 Å². The zero-order valence-electron chi connectivity index (χ0n) is 12.9. The van der Waals surface area contributed by atoms with Crippen molar-refractivity contribution in [3.05, 3.63) is 69.2 Å². The summed E-state index contributed by atoms with van der Waals surface area (Å²) >= 11 is 12.1. The molecule has 0 aliphatic heterocycles. The van der Waals surface area contributed by atoms with Gasteiger partial charge in [-0.05, 0) is 48.1 Å². The minimum Gasteiger partial charge on any atom is -0.388 e. The number of halogens is 5. The summed E-state index contributed by atoms with van der Waals surface area (Å²) in [6.07, 6.45) is -4.96. The van der Waals surface area contributed by atoms with Gasteiger partial charge in [0, 0.05) is 10.0 Å². The topological polar surface area (TPSA) is 20.2 Å². The van der Waals surface area contributed by atoms with Gasteiger partial charge in [0.2, 0.25) is 0 Å². The maximum absolute atomic E-state index is 13.1. The van der Waals surface area contributed by atoms with Crippen molar-refractivity contribution < 1.29 is 18.3 Å². The molecule has 2 aromatic carbocycles. The third kappa shape index (κ3) is 4.44. The Morgan fingerprint density at radius 1 is 1.04 bits per heavy atom. The van der Waals surface area contributed by atoms with E-state index in [4.69, 9.17) is 23.2 Å². The number of hydrogen-bond acceptors (Lipinski definition) is 1. The van der Waals surface area contributed by atoms with Gasteiger partial charge in [-0.2, -0.15) is 13.2 Å². The first-order chi connectivity index (χ1) is 11.2. The van der Waals surface area contributed by atoms with Crippen LogP contribution in [0.25, 0.3) is 0 Å². The molecule has 0 aromatic heterocycles. The Kier molecular flexibility index (Phi) is 6.18. The van der Waals surface area contributed by atoms with E-state index in [1.165, 1.54) is 18.2 Å². The van der Waals surface area contributed by atoms with Gasteiger partial charge in [0.15, 0.2) is 0 Å². The average molecular weight is 377 g/mol. The van der Waals surface area contributed by atoms with Crippen molar-refractivity contribution in [1.82, 2.24) is 0 Å². The Labute approximate surface area is 149 Å². The van der Waals surface area contributed by atoms with E-state index in [1.807, 2.05) is 6.92 Å². The molecule has 1 N–H and O–H groups in total. The monoisotopic (exact) mass is 376 g/mol. The molecule has 0 aliphatic rings. The Hall–Kier alpha value is -1.23. The van der Waals surface area contributed by atoms with Gasteiger partial charge < -0.3 is 5.11 Å². The predicted octanol–water partition coefficient (Wildman–Crippen LogP) is 6.63. The summed E-state index contributed by atoms with van der Waals surface area (Å²) in [6.45, 7) is 1.90. The van der Waals surface area contributed by atoms with E-state index in [0.29, 0.717) is 16.5 Å². The average Bonchev–Trinajstić information content (AvgIpc) is 2.52. The molecule has 0 saturated carbocycles. The largest absolute Gasteiger partial charge is 0.416 e. The van der Waals surface area contributed by atoms with Crippen LogP contribution in [-0.4, -0.2) is 5.11 Å². The van der Waals surface area contributed by atoms with E-state index in [0.717, 1.165) is 11.6 Å². The van der Waals surface area contributed by atoms with Crippen LogP contribution in [0, 0.1) is 0 Å². The van der Waals surface area contributed by atoms with Crippen LogP contribution < -0.4 is 0 Å². The van der Waals surface area contributed by atoms with E-state index in [-0.39, 0.29) is 17.9 Å². The minimum atomic E-state index is -4.50. The van der Waals surface area contributed by atoms with Crippen LogP contribution in [0.3, 0.4) is 0 Å². The first-order valence-electron chi connectivity index (χ1n) is 7.53. The van der Waals surface area contributed by atoms with E-state index >= 15 is 0 Å². The summed E-state index contributed by atoms with van der Waals surface area (Å²) in [6, 6.07) is 10.1. The smallest absolute Gasteiger partial charge is 0.388 e. The number of benzene rings is 2. The van der Waals surface area contributed by atoms with Gasteiger partial charge in [0.25, 0.3) is 0 Å². The summed E-state index contributed by atoms with van der Waals surface area (Å²) in [5, 5.41) is 11.3. The summed E-state index contributed by atoms with van der Waals surface area (Å²) < 4.78 is 39.3. The zero-order valence-corrected chi connectivity index (χ0v) is 14.5. The molecular weight excluding hydrogens is 360 g/mol. The van der Waals surface area contributed by atoms with Crippen molar-refractivity contribution in [2.75, 3.05) is 0 Å². The third-order valence-electron chi connectivity index (χ3n) is 4.03. The molecule has 0 saturated heterocycles. The minimum absolute atomic E-state index is 0.117. The molecule has 0 radical (unpaired) electrons. The van der Waals surface area contributed by atoms with Crippen LogP contribution in [-0.2, 0) is 6.18 Å². The van der Waals surface area contributed by atoms with Gasteiger partial charge >= 0.3 is 6.18 Å². The lowest BCUT2D eigenvalue weighted by molar-refractivity contribution is -0.139. The molecule has 1 nitrogen and oxygen atoms in total. The number of hydrogen-bond donors (Lipinski definition) is 1. The van der Waals surface area contributed by atoms with Gasteiger partial charge in [0.1, 0.15) is 0 Å². The summed E-state index contributed by atoms with van der Waals surface area (Å²) in [5.41, 5.74) is -0.157. The normalized spacial score (nSPS) is 14.5. The number of alkyl halides is 3. The lowest BCUT2D eigenvalue weighted by Crippen LogP contribution is -2.14. The first-order valence-corrected chi connectivity index (χ1v) is 8.28. The molecule has 2 atom stereocenters. The van der Waals surface area contributed by atoms with Gasteiger partial charge in [-0.3, -0.25) is 0 Å². The molecule has 0 heterocycles. The maximum atomic E-state index is 13.1. The van der Waals surface area contributed by atoms with Crippen molar-refractivity contribution in [2.24, 2.45) is 0 Å². The summed E-state index contributed by atoms with van der Waals surface area (Å²) in [5.74, 6) is -0.175. The molecule has 0 aliphatic carbocycles. The standard InChI is InChI=1S/C18H17Cl2F3O/c1-2-11(13-8-7-12(19)10-16(13)20)9-17(24)14-5-3-4-6-15(14)18(21,22)23/h3-8,10-11,17,24H,2,9H2,1H3. The Morgan fingerprint density at radius 3 is 2.29 bits per heavy atom. The summed E-state index contributed by atoms with van der Waals surface area (Å²) in [4.78, 5) is 0. The van der Waals surface area contributed by atoms with E-state index in [2.05, 4.69) is 0 Å². The second kappa shape index (κ2) is 7.77. The molecule has 2 rings (SSSR count). The number of aliphatic hydroxyl groups is 1. The van der Waals surface area contributed by atoms with Crippen LogP contribution in [0.1, 0.15) is 48.5 Å². The van der Waals surface area contributed by atoms with E-state index < -0.39 is 17.8 Å². The third-order valence-corrected chi connectivity index (χ3v) is 4.59. The molecule has 130 valence electrons. The number of aliphatic hydroxyl groups excluding tert-OH is 1. The molecule has 6 heteroatoms. The lowest BCUT2D eigenvalue weighted by atomic mass is 9.87. The van der Waals surface area contributed by atoms with Crippen LogP contribution >= 0.6 is 23.2 Å². The van der Waals surface area contributed by atoms with Crippen molar-refractivity contribution in [1.29, 1.82) is 0 Å². The van der Waals surface area contributed by atoms with Crippen LogP contribution in [0.2, 0.25) is 10.0 Å². The van der Waals surface area contributed by atoms with E-state index in [1.54, 1.807) is 18.2 Å². The first kappa shape index (κ1) is 19.1. The lowest BCUT2D eigenvalue weighted by Gasteiger charge is -2.23. The fourth-order valence-corrected chi connectivity index (χ4v) is 3.35. The molecule has 2 unspecified atom stereocenters. The molecular formula is C18H17Cl2F3O. The van der Waals surface area contributed by atoms with Gasteiger partial charge in [-0.1, -0.05) is 54.4 Å². The Balaban J connectivity index is 2.29. The van der Waals surface area contributed by atoms with E-state index in [9.17, 15) is 18.3 Å². The van der Waals surface area contributed by atoms with Gasteiger partial charge in [-0.15, -0.1) is 0 Å². The predicted molar refractivity (Wildman–Crippen MR) is 90.5 cm³/mol. The van der Waals surface area contributed by atoms with Crippen LogP contribution in [0.5, 0.6) is 0 Å². The second-order valence-corrected chi connectivity index (χ2v) is 6.45. The molecule has 0 bridgehead atoms. The van der Waals surface area contributed by atoms with Gasteiger partial charge in [0.05, 0.1) is 11.7 Å². The SMILES string of the molecule is CCC(CC(O)c1ccccc1C(F)(F)F)c1ccc(Cl)cc1Cl. The Morgan fingerprint density at radius 2 is 1.71 bits per heavy atom. The highest BCUT2D eigenvalue weighted by atomic mass is 35.5. The second-order valence-electron chi connectivity index (χ2n) is 5.61. The van der Waals surface area contributed by atoms with Crippen molar-refractivity contribution in [3.63, 3.8) is 0 Å². The molecule has 0 fully saturated rings. The maximum Gasteiger partial charge on any atom is 0.416 e. The molecule has 0 amide bonds. The molecule has 0 spiro atoms. The highest BCUT2D eigenvalue weighted by Gasteiger charge is 2.35. The van der Waals surface area contributed by atoms with Crippen molar-refractivity contribution in [3.8, 4) is 0 Å². The molecule has 24 heavy (non-hydrogen) atoms. The summed E-state index contributed by atoms with van der Waals surface area (Å²) in [7, 11) is 0. The zero-order chi connectivity index (χ0) is 17.9. The van der Waals surface area contributed by atoms with Crippen molar-refractivity contribution >= 4 is 23.2 Å². The Bertz CT molecular complexity index is 701. The quantitative estimate of drug-likeness (QED) is 0.620. The fraction of sp³-hybridized carbons (Fsp3) is 0.333. The fourth-order valence-electron chi connectivity index (χ4n) is 2.79. The molecule has 2 aromatic rings. The van der Waals surface area contributed by atoms with Crippen LogP contribution in [0.15, 0.2) is 42.5 Å². The highest BCUT2D eigenvalue weighted by molar-refractivity contribution is 6.35.